The number of hydrogen-bond acceptors (Lipinski definition) is 3. The summed E-state index contributed by atoms with van der Waals surface area (Å²) in [4.78, 5) is 11.4. The van der Waals surface area contributed by atoms with E-state index in [0.717, 1.165) is 25.7 Å². The average molecular weight is 240 g/mol. The highest BCUT2D eigenvalue weighted by atomic mass is 16.6. The van der Waals surface area contributed by atoms with Gasteiger partial charge >= 0.3 is 5.97 Å². The van der Waals surface area contributed by atoms with Crippen molar-refractivity contribution in [2.24, 2.45) is 5.92 Å². The summed E-state index contributed by atoms with van der Waals surface area (Å²) in [6.45, 7) is 5.44. The Bertz CT molecular complexity index is 250. The molecule has 1 rings (SSSR count). The van der Waals surface area contributed by atoms with Crippen LogP contribution in [-0.2, 0) is 9.53 Å². The minimum Gasteiger partial charge on any atom is -0.460 e. The van der Waals surface area contributed by atoms with Crippen LogP contribution in [0.1, 0.15) is 51.9 Å². The monoisotopic (exact) mass is 240 g/mol. The van der Waals surface area contributed by atoms with Crippen LogP contribution in [0, 0.1) is 5.92 Å². The third-order valence-corrected chi connectivity index (χ3v) is 3.42. The van der Waals surface area contributed by atoms with Crippen LogP contribution in [-0.4, -0.2) is 23.3 Å². The Morgan fingerprint density at radius 2 is 1.94 bits per heavy atom. The van der Waals surface area contributed by atoms with E-state index in [0.29, 0.717) is 0 Å². The van der Waals surface area contributed by atoms with Gasteiger partial charge in [-0.2, -0.15) is 0 Å². The van der Waals surface area contributed by atoms with Gasteiger partial charge in [0.2, 0.25) is 0 Å². The minimum atomic E-state index is -0.608. The van der Waals surface area contributed by atoms with Crippen LogP contribution in [0.2, 0.25) is 0 Å². The molecule has 0 aliphatic carbocycles. The maximum Gasteiger partial charge on any atom is 0.312 e. The van der Waals surface area contributed by atoms with E-state index in [-0.39, 0.29) is 18.0 Å². The molecule has 0 spiro atoms. The summed E-state index contributed by atoms with van der Waals surface area (Å²) in [6.07, 6.45) is 8.60. The predicted octanol–water partition coefficient (Wildman–Crippen LogP) is 2.83. The van der Waals surface area contributed by atoms with E-state index in [1.807, 2.05) is 6.08 Å². The van der Waals surface area contributed by atoms with E-state index < -0.39 is 6.10 Å². The molecule has 1 aliphatic heterocycles. The Hall–Kier alpha value is -0.830. The number of aliphatic hydroxyl groups is 1. The molecule has 1 N–H and O–H groups in total. The molecule has 0 aromatic heterocycles. The molecular weight excluding hydrogens is 216 g/mol. The molecule has 3 atom stereocenters. The molecule has 1 aliphatic rings. The molecule has 2 unspecified atom stereocenters. The third-order valence-electron chi connectivity index (χ3n) is 3.42. The van der Waals surface area contributed by atoms with Gasteiger partial charge in [-0.3, -0.25) is 4.79 Å². The molecule has 0 amide bonds. The van der Waals surface area contributed by atoms with Gasteiger partial charge in [-0.25, -0.2) is 0 Å². The first-order chi connectivity index (χ1) is 8.16. The van der Waals surface area contributed by atoms with Crippen LogP contribution in [0.4, 0.5) is 0 Å². The second kappa shape index (κ2) is 7.49. The zero-order valence-electron chi connectivity index (χ0n) is 10.7. The van der Waals surface area contributed by atoms with Gasteiger partial charge in [-0.05, 0) is 26.2 Å². The fourth-order valence-electron chi connectivity index (χ4n) is 2.28. The highest BCUT2D eigenvalue weighted by molar-refractivity contribution is 5.75. The smallest absolute Gasteiger partial charge is 0.312 e. The van der Waals surface area contributed by atoms with Crippen LogP contribution in [0.3, 0.4) is 0 Å². The Morgan fingerprint density at radius 1 is 1.29 bits per heavy atom. The summed E-state index contributed by atoms with van der Waals surface area (Å²) in [6, 6.07) is 0. The predicted molar refractivity (Wildman–Crippen MR) is 67.6 cm³/mol. The summed E-state index contributed by atoms with van der Waals surface area (Å²) in [5.41, 5.74) is 0. The molecule has 0 saturated carbocycles. The standard InChI is InChI=1S/C14H24O3/c1-3-4-5-6-7-8-9-10-12-13(15)11(2)17-14(12)16/h3,11-13,15H,1,4-10H2,2H3/t11-,12?,13?/m0/s1. The summed E-state index contributed by atoms with van der Waals surface area (Å²) >= 11 is 0. The normalized spacial score (nSPS) is 28.1. The minimum absolute atomic E-state index is 0.225. The highest BCUT2D eigenvalue weighted by Gasteiger charge is 2.40. The first-order valence-corrected chi connectivity index (χ1v) is 6.66. The van der Waals surface area contributed by atoms with Crippen molar-refractivity contribution in [2.45, 2.75) is 64.1 Å². The van der Waals surface area contributed by atoms with Gasteiger partial charge in [0.25, 0.3) is 0 Å². The molecule has 0 aromatic carbocycles. The van der Waals surface area contributed by atoms with Gasteiger partial charge < -0.3 is 9.84 Å². The van der Waals surface area contributed by atoms with E-state index in [2.05, 4.69) is 6.58 Å². The molecule has 3 nitrogen and oxygen atoms in total. The molecule has 98 valence electrons. The first kappa shape index (κ1) is 14.2. The van der Waals surface area contributed by atoms with Crippen molar-refractivity contribution in [3.63, 3.8) is 0 Å². The number of allylic oxidation sites excluding steroid dienone is 1. The number of unbranched alkanes of at least 4 members (excludes halogenated alkanes) is 5. The fourth-order valence-corrected chi connectivity index (χ4v) is 2.28. The van der Waals surface area contributed by atoms with Crippen molar-refractivity contribution in [1.82, 2.24) is 0 Å². The van der Waals surface area contributed by atoms with Gasteiger partial charge in [0.1, 0.15) is 12.2 Å². The lowest BCUT2D eigenvalue weighted by atomic mass is 9.95. The second-order valence-corrected chi connectivity index (χ2v) is 4.87. The first-order valence-electron chi connectivity index (χ1n) is 6.66. The summed E-state index contributed by atoms with van der Waals surface area (Å²) < 4.78 is 5.00. The molecule has 1 heterocycles. The van der Waals surface area contributed by atoms with E-state index in [4.69, 9.17) is 4.74 Å². The number of hydrogen-bond donors (Lipinski definition) is 1. The maximum atomic E-state index is 11.4. The van der Waals surface area contributed by atoms with Gasteiger partial charge in [0, 0.05) is 0 Å². The highest BCUT2D eigenvalue weighted by Crippen LogP contribution is 2.26. The number of carbonyl (C=O) groups excluding carboxylic acids is 1. The quantitative estimate of drug-likeness (QED) is 0.403. The zero-order chi connectivity index (χ0) is 12.7. The molecule has 1 fully saturated rings. The summed E-state index contributed by atoms with van der Waals surface area (Å²) in [5, 5.41) is 9.74. The summed E-state index contributed by atoms with van der Waals surface area (Å²) in [7, 11) is 0. The van der Waals surface area contributed by atoms with Crippen molar-refractivity contribution in [2.75, 3.05) is 0 Å². The average Bonchev–Trinajstić information content (AvgIpc) is 2.54. The molecule has 0 radical (unpaired) electrons. The number of ether oxygens (including phenoxy) is 1. The third kappa shape index (κ3) is 4.50. The van der Waals surface area contributed by atoms with Gasteiger partial charge in [0.15, 0.2) is 0 Å². The second-order valence-electron chi connectivity index (χ2n) is 4.87. The van der Waals surface area contributed by atoms with Gasteiger partial charge in [-0.15, -0.1) is 6.58 Å². The number of esters is 1. The Morgan fingerprint density at radius 3 is 2.53 bits per heavy atom. The van der Waals surface area contributed by atoms with Crippen LogP contribution in [0.25, 0.3) is 0 Å². The van der Waals surface area contributed by atoms with E-state index >= 15 is 0 Å². The lowest BCUT2D eigenvalue weighted by Gasteiger charge is -2.11. The van der Waals surface area contributed by atoms with Crippen LogP contribution in [0.5, 0.6) is 0 Å². The van der Waals surface area contributed by atoms with E-state index in [9.17, 15) is 9.90 Å². The molecule has 1 saturated heterocycles. The lowest BCUT2D eigenvalue weighted by molar-refractivity contribution is -0.143. The Kier molecular flexibility index (Phi) is 6.27. The van der Waals surface area contributed by atoms with Crippen LogP contribution < -0.4 is 0 Å². The molecule has 17 heavy (non-hydrogen) atoms. The lowest BCUT2D eigenvalue weighted by Crippen LogP contribution is -2.24. The Labute approximate surface area is 104 Å². The number of carbonyl (C=O) groups is 1. The van der Waals surface area contributed by atoms with Crippen LogP contribution in [0.15, 0.2) is 12.7 Å². The topological polar surface area (TPSA) is 46.5 Å². The van der Waals surface area contributed by atoms with E-state index in [1.165, 1.54) is 19.3 Å². The zero-order valence-corrected chi connectivity index (χ0v) is 10.7. The fraction of sp³-hybridized carbons (Fsp3) is 0.786. The van der Waals surface area contributed by atoms with Gasteiger partial charge in [-0.1, -0.05) is 31.8 Å². The number of rotatable bonds is 8. The molecule has 0 bridgehead atoms. The van der Waals surface area contributed by atoms with Crippen molar-refractivity contribution in [3.05, 3.63) is 12.7 Å². The molecular formula is C14H24O3. The maximum absolute atomic E-state index is 11.4. The SMILES string of the molecule is C=CCCCCCCCC1C(=O)O[C@@H](C)C1O. The summed E-state index contributed by atoms with van der Waals surface area (Å²) in [5.74, 6) is -0.519. The van der Waals surface area contributed by atoms with Crippen LogP contribution >= 0.6 is 0 Å². The van der Waals surface area contributed by atoms with Crippen molar-refractivity contribution >= 4 is 5.97 Å². The largest absolute Gasteiger partial charge is 0.460 e. The molecule has 3 heteroatoms. The number of cyclic esters (lactones) is 1. The Balaban J connectivity index is 2.06. The van der Waals surface area contributed by atoms with Crippen molar-refractivity contribution in [1.29, 1.82) is 0 Å². The van der Waals surface area contributed by atoms with Crippen molar-refractivity contribution in [3.8, 4) is 0 Å². The molecule has 0 aromatic rings. The van der Waals surface area contributed by atoms with E-state index in [1.54, 1.807) is 6.92 Å². The number of aliphatic hydroxyl groups excluding tert-OH is 1. The van der Waals surface area contributed by atoms with Gasteiger partial charge in [0.05, 0.1) is 5.92 Å². The van der Waals surface area contributed by atoms with Crippen molar-refractivity contribution < 1.29 is 14.6 Å².